The third-order valence-electron chi connectivity index (χ3n) is 3.57. The monoisotopic (exact) mass is 356 g/mol. The molecule has 26 heavy (non-hydrogen) atoms. The van der Waals surface area contributed by atoms with Crippen molar-refractivity contribution in [3.05, 3.63) is 66.2 Å². The average molecular weight is 356 g/mol. The van der Waals surface area contributed by atoms with Crippen molar-refractivity contribution in [2.24, 2.45) is 0 Å². The van der Waals surface area contributed by atoms with Crippen molar-refractivity contribution >= 4 is 17.7 Å². The minimum atomic E-state index is -0.416. The van der Waals surface area contributed by atoms with E-state index in [0.717, 1.165) is 24.8 Å². The highest BCUT2D eigenvalue weighted by Crippen LogP contribution is 2.06. The maximum absolute atomic E-state index is 11.6. The predicted octanol–water partition coefficient (Wildman–Crippen LogP) is 4.04. The molecule has 0 heterocycles. The van der Waals surface area contributed by atoms with Gasteiger partial charge in [0.25, 0.3) is 0 Å². The molecule has 0 unspecified atom stereocenters. The number of amides is 2. The summed E-state index contributed by atoms with van der Waals surface area (Å²) in [5, 5.41) is 2.65. The zero-order valence-electron chi connectivity index (χ0n) is 14.6. The fourth-order valence-electron chi connectivity index (χ4n) is 2.23. The van der Waals surface area contributed by atoms with Gasteiger partial charge in [0.05, 0.1) is 6.61 Å². The molecular formula is C20H24N2O4. The second kappa shape index (κ2) is 11.7. The van der Waals surface area contributed by atoms with Gasteiger partial charge in [0.15, 0.2) is 0 Å². The summed E-state index contributed by atoms with van der Waals surface area (Å²) in [6, 6.07) is 18.3. The highest BCUT2D eigenvalue weighted by atomic mass is 16.7. The number of nitrogens with one attached hydrogen (secondary N) is 2. The molecule has 2 amide bonds. The Morgan fingerprint density at radius 1 is 0.846 bits per heavy atom. The fourth-order valence-corrected chi connectivity index (χ4v) is 2.23. The lowest BCUT2D eigenvalue weighted by Crippen LogP contribution is -2.29. The number of benzene rings is 2. The first-order chi connectivity index (χ1) is 12.7. The Bertz CT molecular complexity index is 662. The van der Waals surface area contributed by atoms with Gasteiger partial charge >= 0.3 is 12.0 Å². The van der Waals surface area contributed by atoms with E-state index in [2.05, 4.69) is 10.8 Å². The van der Waals surface area contributed by atoms with Crippen LogP contribution in [0.2, 0.25) is 0 Å². The quantitative estimate of drug-likeness (QED) is 0.383. The van der Waals surface area contributed by atoms with Crippen LogP contribution in [-0.2, 0) is 21.0 Å². The van der Waals surface area contributed by atoms with E-state index < -0.39 is 6.03 Å². The van der Waals surface area contributed by atoms with Crippen LogP contribution in [0.25, 0.3) is 0 Å². The molecule has 0 bridgehead atoms. The summed E-state index contributed by atoms with van der Waals surface area (Å²) in [7, 11) is 0. The van der Waals surface area contributed by atoms with Crippen LogP contribution >= 0.6 is 0 Å². The summed E-state index contributed by atoms with van der Waals surface area (Å²) in [6.45, 7) is 0.699. The summed E-state index contributed by atoms with van der Waals surface area (Å²) in [4.78, 5) is 28.3. The lowest BCUT2D eigenvalue weighted by molar-refractivity contribution is -0.145. The smallest absolute Gasteiger partial charge is 0.343 e. The second-order valence-electron chi connectivity index (χ2n) is 5.73. The molecule has 0 aliphatic heterocycles. The van der Waals surface area contributed by atoms with Gasteiger partial charge in [-0.05, 0) is 30.5 Å². The summed E-state index contributed by atoms with van der Waals surface area (Å²) < 4.78 is 5.21. The molecule has 2 aromatic rings. The molecule has 138 valence electrons. The van der Waals surface area contributed by atoms with Crippen molar-refractivity contribution in [3.8, 4) is 0 Å². The van der Waals surface area contributed by atoms with Crippen molar-refractivity contribution in [3.63, 3.8) is 0 Å². The normalized spacial score (nSPS) is 10.2. The van der Waals surface area contributed by atoms with E-state index in [1.807, 2.05) is 48.5 Å². The van der Waals surface area contributed by atoms with Gasteiger partial charge in [0, 0.05) is 12.1 Å². The van der Waals surface area contributed by atoms with E-state index >= 15 is 0 Å². The predicted molar refractivity (Wildman–Crippen MR) is 99.3 cm³/mol. The number of esters is 1. The molecule has 2 aromatic carbocycles. The third-order valence-corrected chi connectivity index (χ3v) is 3.57. The van der Waals surface area contributed by atoms with Crippen molar-refractivity contribution in [2.75, 3.05) is 11.9 Å². The Hall–Kier alpha value is -2.86. The second-order valence-corrected chi connectivity index (χ2v) is 5.73. The van der Waals surface area contributed by atoms with Crippen LogP contribution in [-0.4, -0.2) is 18.6 Å². The molecule has 0 atom stereocenters. The van der Waals surface area contributed by atoms with E-state index in [1.165, 1.54) is 0 Å². The highest BCUT2D eigenvalue weighted by molar-refractivity contribution is 5.88. The number of ether oxygens (including phenoxy) is 1. The Kier molecular flexibility index (Phi) is 8.72. The number of anilines is 1. The molecule has 0 spiro atoms. The van der Waals surface area contributed by atoms with Gasteiger partial charge in [-0.1, -0.05) is 55.0 Å². The standard InChI is InChI=1S/C20H24N2O4/c23-19(25-16-17-10-4-1-5-11-17)14-8-3-9-15-26-22-20(24)21-18-12-6-2-7-13-18/h1-2,4-7,10-13H,3,8-9,14-16H2,(H2,21,22,24). The number of urea groups is 1. The van der Waals surface area contributed by atoms with Crippen molar-refractivity contribution in [1.29, 1.82) is 0 Å². The van der Waals surface area contributed by atoms with Crippen molar-refractivity contribution in [1.82, 2.24) is 5.48 Å². The van der Waals surface area contributed by atoms with E-state index in [1.54, 1.807) is 12.1 Å². The minimum Gasteiger partial charge on any atom is -0.461 e. The zero-order valence-corrected chi connectivity index (χ0v) is 14.6. The van der Waals surface area contributed by atoms with Crippen LogP contribution < -0.4 is 10.8 Å². The molecule has 2 N–H and O–H groups in total. The number of rotatable bonds is 10. The van der Waals surface area contributed by atoms with Crippen LogP contribution in [0.4, 0.5) is 10.5 Å². The van der Waals surface area contributed by atoms with Gasteiger partial charge in [-0.3, -0.25) is 9.63 Å². The summed E-state index contributed by atoms with van der Waals surface area (Å²) in [5.41, 5.74) is 4.01. The van der Waals surface area contributed by atoms with E-state index in [0.29, 0.717) is 25.3 Å². The van der Waals surface area contributed by atoms with Gasteiger partial charge in [0.2, 0.25) is 0 Å². The first-order valence-electron chi connectivity index (χ1n) is 8.67. The van der Waals surface area contributed by atoms with Crippen LogP contribution in [0.5, 0.6) is 0 Å². The number of carbonyl (C=O) groups is 2. The zero-order chi connectivity index (χ0) is 18.5. The van der Waals surface area contributed by atoms with Crippen molar-refractivity contribution < 1.29 is 19.2 Å². The average Bonchev–Trinajstić information content (AvgIpc) is 2.67. The molecule has 0 aliphatic carbocycles. The molecule has 2 rings (SSSR count). The Morgan fingerprint density at radius 2 is 1.54 bits per heavy atom. The summed E-state index contributed by atoms with van der Waals surface area (Å²) in [6.07, 6.45) is 2.68. The van der Waals surface area contributed by atoms with E-state index in [4.69, 9.17) is 9.57 Å². The minimum absolute atomic E-state index is 0.199. The van der Waals surface area contributed by atoms with Gasteiger partial charge in [-0.25, -0.2) is 10.3 Å². The maximum Gasteiger partial charge on any atom is 0.343 e. The maximum atomic E-state index is 11.6. The SMILES string of the molecule is O=C(NOCCCCCC(=O)OCc1ccccc1)Nc1ccccc1. The molecule has 0 aliphatic rings. The Labute approximate surface area is 153 Å². The number of hydrogen-bond donors (Lipinski definition) is 2. The van der Waals surface area contributed by atoms with Gasteiger partial charge < -0.3 is 10.1 Å². The molecule has 0 saturated carbocycles. The molecule has 6 heteroatoms. The number of hydroxylamine groups is 1. The third kappa shape index (κ3) is 8.30. The Morgan fingerprint density at radius 3 is 2.27 bits per heavy atom. The van der Waals surface area contributed by atoms with E-state index in [9.17, 15) is 9.59 Å². The number of para-hydroxylation sites is 1. The Balaban J connectivity index is 1.44. The highest BCUT2D eigenvalue weighted by Gasteiger charge is 2.04. The first-order valence-corrected chi connectivity index (χ1v) is 8.67. The fraction of sp³-hybridized carbons (Fsp3) is 0.300. The van der Waals surface area contributed by atoms with Gasteiger partial charge in [0.1, 0.15) is 6.61 Å². The number of hydrogen-bond acceptors (Lipinski definition) is 4. The van der Waals surface area contributed by atoms with Crippen LogP contribution in [0.1, 0.15) is 31.2 Å². The lowest BCUT2D eigenvalue weighted by atomic mass is 10.2. The largest absolute Gasteiger partial charge is 0.461 e. The number of unbranched alkanes of at least 4 members (excludes halogenated alkanes) is 2. The molecular weight excluding hydrogens is 332 g/mol. The molecule has 6 nitrogen and oxygen atoms in total. The molecule has 0 aromatic heterocycles. The van der Waals surface area contributed by atoms with Gasteiger partial charge in [-0.15, -0.1) is 0 Å². The molecule has 0 fully saturated rings. The number of carbonyl (C=O) groups excluding carboxylic acids is 2. The summed E-state index contributed by atoms with van der Waals surface area (Å²) >= 11 is 0. The lowest BCUT2D eigenvalue weighted by Gasteiger charge is -2.08. The topological polar surface area (TPSA) is 76.7 Å². The van der Waals surface area contributed by atoms with Crippen LogP contribution in [0.3, 0.4) is 0 Å². The molecule has 0 saturated heterocycles. The van der Waals surface area contributed by atoms with Gasteiger partial charge in [-0.2, -0.15) is 0 Å². The first kappa shape index (κ1) is 19.5. The molecule has 0 radical (unpaired) electrons. The van der Waals surface area contributed by atoms with Crippen LogP contribution in [0.15, 0.2) is 60.7 Å². The van der Waals surface area contributed by atoms with Crippen LogP contribution in [0, 0.1) is 0 Å². The van der Waals surface area contributed by atoms with Crippen molar-refractivity contribution in [2.45, 2.75) is 32.3 Å². The summed E-state index contributed by atoms with van der Waals surface area (Å²) in [5.74, 6) is -0.199. The van der Waals surface area contributed by atoms with E-state index in [-0.39, 0.29) is 5.97 Å².